The van der Waals surface area contributed by atoms with Crippen LogP contribution in [0.15, 0.2) is 72.8 Å². The fourth-order valence-electron chi connectivity index (χ4n) is 11.9. The molecule has 7 N–H and O–H groups in total. The normalized spacial score (nSPS) is 20.9. The number of aromatic nitrogens is 1. The minimum Gasteiger partial charge on any atom is -0.508 e. The van der Waals surface area contributed by atoms with Crippen LogP contribution in [0.3, 0.4) is 0 Å². The van der Waals surface area contributed by atoms with Crippen molar-refractivity contribution < 1.29 is 34.0 Å². The molecule has 1 spiro atoms. The average molecular weight is 948 g/mol. The molecule has 4 aromatic carbocycles. The smallest absolute Gasteiger partial charge is 0.302 e. The van der Waals surface area contributed by atoms with Crippen LogP contribution in [0.4, 0.5) is 11.5 Å². The molecule has 6 unspecified atom stereocenters. The SMILES string of the molecule is CCNc1ccccc1CCC1c2ccc(N)nc2C#CCc2cc(O)c(OC(CNC)CNCCC(C)C)cc2C2Oc3c(ccc4c3C3(CCC1C3)Cc1cc(O)cc(OC)c1-4)C2COC(C)=O. The van der Waals surface area contributed by atoms with Crippen molar-refractivity contribution in [3.05, 3.63) is 117 Å². The minimum absolute atomic E-state index is 0.00456. The van der Waals surface area contributed by atoms with Crippen molar-refractivity contribution in [2.45, 2.75) is 109 Å². The molecule has 6 atom stereocenters. The molecule has 1 fully saturated rings. The number of carbonyl (C=O) groups excluding carboxylic acids is 1. The second kappa shape index (κ2) is 20.9. The molecule has 0 saturated heterocycles. The maximum absolute atomic E-state index is 12.7. The van der Waals surface area contributed by atoms with Gasteiger partial charge in [-0.25, -0.2) is 4.98 Å². The van der Waals surface area contributed by atoms with Crippen molar-refractivity contribution in [2.24, 2.45) is 11.8 Å². The highest BCUT2D eigenvalue weighted by Gasteiger charge is 2.52. The molecule has 1 aromatic heterocycles. The number of aryl methyl sites for hydroxylation is 1. The molecule has 2 aliphatic carbocycles. The van der Waals surface area contributed by atoms with Gasteiger partial charge in [-0.2, -0.15) is 0 Å². The van der Waals surface area contributed by atoms with Gasteiger partial charge in [0.1, 0.15) is 47.6 Å². The number of fused-ring (bicyclic) bond motifs is 7. The number of nitrogens with two attached hydrogens (primary N) is 1. The molecular weight excluding hydrogens is 879 g/mol. The van der Waals surface area contributed by atoms with Crippen LogP contribution in [-0.2, 0) is 34.2 Å². The first-order valence-electron chi connectivity index (χ1n) is 25.2. The Bertz CT molecular complexity index is 2800. The van der Waals surface area contributed by atoms with Crippen LogP contribution in [0, 0.1) is 23.7 Å². The fraction of sp³-hybridized carbons (Fsp3) is 0.448. The van der Waals surface area contributed by atoms with Gasteiger partial charge in [-0.15, -0.1) is 0 Å². The van der Waals surface area contributed by atoms with Crippen LogP contribution < -0.4 is 35.9 Å². The number of esters is 1. The Morgan fingerprint density at radius 1 is 1.00 bits per heavy atom. The predicted octanol–water partition coefficient (Wildman–Crippen LogP) is 9.48. The minimum atomic E-state index is -0.638. The molecule has 12 heteroatoms. The average Bonchev–Trinajstić information content (AvgIpc) is 3.92. The summed E-state index contributed by atoms with van der Waals surface area (Å²) >= 11 is 0. The van der Waals surface area contributed by atoms with Crippen LogP contribution in [-0.4, -0.2) is 74.2 Å². The molecule has 70 heavy (non-hydrogen) atoms. The van der Waals surface area contributed by atoms with E-state index in [0.29, 0.717) is 48.4 Å². The molecule has 4 aliphatic rings. The van der Waals surface area contributed by atoms with Crippen molar-refractivity contribution in [1.82, 2.24) is 15.6 Å². The van der Waals surface area contributed by atoms with E-state index in [-0.39, 0.29) is 48.4 Å². The number of para-hydroxylation sites is 1. The van der Waals surface area contributed by atoms with E-state index < -0.39 is 17.4 Å². The first-order valence-corrected chi connectivity index (χ1v) is 25.2. The van der Waals surface area contributed by atoms with Crippen LogP contribution in [0.2, 0.25) is 0 Å². The van der Waals surface area contributed by atoms with E-state index in [4.69, 9.17) is 29.7 Å². The highest BCUT2D eigenvalue weighted by Crippen LogP contribution is 2.63. The topological polar surface area (TPSA) is 169 Å². The summed E-state index contributed by atoms with van der Waals surface area (Å²) in [6, 6.07) is 24.1. The monoisotopic (exact) mass is 948 g/mol. The third-order valence-corrected chi connectivity index (χ3v) is 15.1. The van der Waals surface area contributed by atoms with Crippen molar-refractivity contribution >= 4 is 17.5 Å². The van der Waals surface area contributed by atoms with Crippen LogP contribution >= 0.6 is 0 Å². The molecule has 4 bridgehead atoms. The summed E-state index contributed by atoms with van der Waals surface area (Å²) < 4.78 is 26.2. The lowest BCUT2D eigenvalue weighted by molar-refractivity contribution is -0.141. The van der Waals surface area contributed by atoms with E-state index in [9.17, 15) is 15.0 Å². The number of methoxy groups -OCH3 is 1. The number of anilines is 2. The number of carbonyl (C=O) groups is 1. The zero-order valence-corrected chi connectivity index (χ0v) is 41.5. The van der Waals surface area contributed by atoms with Crippen LogP contribution in [0.1, 0.15) is 122 Å². The number of hydrogen-bond donors (Lipinski definition) is 6. The molecule has 0 amide bonds. The third kappa shape index (κ3) is 9.84. The van der Waals surface area contributed by atoms with E-state index in [1.807, 2.05) is 25.2 Å². The number of hydrogen-bond acceptors (Lipinski definition) is 12. The van der Waals surface area contributed by atoms with E-state index >= 15 is 0 Å². The predicted molar refractivity (Wildman–Crippen MR) is 275 cm³/mol. The maximum atomic E-state index is 12.7. The fourth-order valence-corrected chi connectivity index (χ4v) is 11.9. The summed E-state index contributed by atoms with van der Waals surface area (Å²) in [4.78, 5) is 17.6. The summed E-state index contributed by atoms with van der Waals surface area (Å²) in [5.41, 5.74) is 16.8. The van der Waals surface area contributed by atoms with Crippen LogP contribution in [0.25, 0.3) is 11.1 Å². The zero-order chi connectivity index (χ0) is 49.1. The molecule has 0 radical (unpaired) electrons. The van der Waals surface area contributed by atoms with Gasteiger partial charge < -0.3 is 50.8 Å². The van der Waals surface area contributed by atoms with Gasteiger partial charge in [-0.05, 0) is 147 Å². The molecule has 9 rings (SSSR count). The lowest BCUT2D eigenvalue weighted by Gasteiger charge is -2.39. The maximum Gasteiger partial charge on any atom is 0.302 e. The number of likely N-dealkylation sites (N-methyl/N-ethyl adjacent to an activating group) is 1. The highest BCUT2D eigenvalue weighted by molar-refractivity contribution is 5.84. The zero-order valence-electron chi connectivity index (χ0n) is 41.5. The van der Waals surface area contributed by atoms with E-state index in [0.717, 1.165) is 108 Å². The summed E-state index contributed by atoms with van der Waals surface area (Å²) in [6.45, 7) is 10.8. The van der Waals surface area contributed by atoms with Gasteiger partial charge in [0.25, 0.3) is 0 Å². The number of nitrogen functional groups attached to an aromatic ring is 1. The second-order valence-corrected chi connectivity index (χ2v) is 20.2. The number of nitrogens with one attached hydrogen (secondary N) is 3. The standard InChI is InChI=1S/C58H69N5O7/c1-7-62-48-13-9-8-11-36(48)15-16-42-38-21-23-58(29-38)30-39-25-40(65)27-52(67-6)54(39)45-18-17-44-47(33-68-35(4)64)56(70-57(44)55(45)58)46-28-51(69-41(31-60-5)32-61-24-22-34(2)3)50(66)26-37(46)12-10-14-49-43(42)19-20-53(59)63-49/h8-9,11,13,17-20,25-28,34,38,41-42,47,56,60-62,65-66H,7,12,15-16,21-24,29-33H2,1-6H3,(H2,59,63). The van der Waals surface area contributed by atoms with Gasteiger partial charge in [0.15, 0.2) is 11.5 Å². The number of phenols is 2. The van der Waals surface area contributed by atoms with E-state index in [1.165, 1.54) is 12.5 Å². The Hall–Kier alpha value is -6.42. The van der Waals surface area contributed by atoms with E-state index in [1.54, 1.807) is 19.2 Å². The van der Waals surface area contributed by atoms with Gasteiger partial charge in [0.05, 0.1) is 13.0 Å². The lowest BCUT2D eigenvalue weighted by Crippen LogP contribution is -2.39. The molecule has 3 heterocycles. The Kier molecular flexibility index (Phi) is 14.5. The van der Waals surface area contributed by atoms with Gasteiger partial charge in [0.2, 0.25) is 0 Å². The summed E-state index contributed by atoms with van der Waals surface area (Å²) in [7, 11) is 3.54. The molecule has 368 valence electrons. The lowest BCUT2D eigenvalue weighted by atomic mass is 9.64. The van der Waals surface area contributed by atoms with E-state index in [2.05, 4.69) is 91.0 Å². The number of phenolic OH excluding ortho intramolecular Hbond substituents is 2. The third-order valence-electron chi connectivity index (χ3n) is 15.1. The van der Waals surface area contributed by atoms with Crippen molar-refractivity contribution in [3.63, 3.8) is 0 Å². The van der Waals surface area contributed by atoms with Gasteiger partial charge >= 0.3 is 5.97 Å². The van der Waals surface area contributed by atoms with Crippen LogP contribution in [0.5, 0.6) is 28.7 Å². The summed E-state index contributed by atoms with van der Waals surface area (Å²) in [6.07, 6.45) is 5.38. The number of nitrogens with zero attached hydrogens (tertiary/aromatic N) is 1. The summed E-state index contributed by atoms with van der Waals surface area (Å²) in [5, 5.41) is 33.4. The second-order valence-electron chi connectivity index (χ2n) is 20.2. The number of rotatable bonds is 17. The molecule has 5 aromatic rings. The first kappa shape index (κ1) is 48.6. The van der Waals surface area contributed by atoms with Gasteiger partial charge in [-0.3, -0.25) is 4.79 Å². The Morgan fingerprint density at radius 2 is 1.83 bits per heavy atom. The van der Waals surface area contributed by atoms with Crippen molar-refractivity contribution in [1.29, 1.82) is 0 Å². The first-order chi connectivity index (χ1) is 33.9. The highest BCUT2D eigenvalue weighted by atomic mass is 16.5. The quantitative estimate of drug-likeness (QED) is 0.0297. The molecular formula is C58H69N5O7. The number of benzene rings is 4. The summed E-state index contributed by atoms with van der Waals surface area (Å²) in [5.74, 6) is 9.32. The Balaban J connectivity index is 1.24. The van der Waals surface area contributed by atoms with Crippen molar-refractivity contribution in [2.75, 3.05) is 58.0 Å². The van der Waals surface area contributed by atoms with Crippen molar-refractivity contribution in [3.8, 4) is 51.7 Å². The molecule has 2 aliphatic heterocycles. The number of aromatic hydroxyl groups is 2. The largest absolute Gasteiger partial charge is 0.508 e. The number of ether oxygens (including phenoxy) is 4. The molecule has 1 saturated carbocycles. The number of pyridine rings is 1. The van der Waals surface area contributed by atoms with Gasteiger partial charge in [-0.1, -0.05) is 56.2 Å². The Morgan fingerprint density at radius 3 is 2.61 bits per heavy atom. The van der Waals surface area contributed by atoms with Gasteiger partial charge in [0, 0.05) is 72.4 Å². The molecule has 12 nitrogen and oxygen atoms in total. The Labute approximate surface area is 413 Å².